The lowest BCUT2D eigenvalue weighted by Crippen LogP contribution is -2.12. The molecule has 0 unspecified atom stereocenters. The number of benzene rings is 1. The summed E-state index contributed by atoms with van der Waals surface area (Å²) in [4.78, 5) is 13.7. The third kappa shape index (κ3) is 3.09. The lowest BCUT2D eigenvalue weighted by Gasteiger charge is -2.01. The number of carbonyl (C=O) groups is 1. The number of para-hydroxylation sites is 1. The number of aromatic nitrogens is 4. The summed E-state index contributed by atoms with van der Waals surface area (Å²) < 4.78 is 3.37. The number of nitrogens with zero attached hydrogens (tertiary/aromatic N) is 4. The van der Waals surface area contributed by atoms with Gasteiger partial charge in [-0.15, -0.1) is 11.3 Å². The molecule has 6 nitrogen and oxygen atoms in total. The molecular formula is C18H15N5OS. The van der Waals surface area contributed by atoms with Crippen LogP contribution in [-0.2, 0) is 7.05 Å². The molecule has 0 atom stereocenters. The Kier molecular flexibility index (Phi) is 3.91. The molecule has 25 heavy (non-hydrogen) atoms. The van der Waals surface area contributed by atoms with E-state index in [-0.39, 0.29) is 5.91 Å². The van der Waals surface area contributed by atoms with Crippen molar-refractivity contribution in [3.63, 3.8) is 0 Å². The van der Waals surface area contributed by atoms with Gasteiger partial charge in [0.15, 0.2) is 5.82 Å². The lowest BCUT2D eigenvalue weighted by atomic mass is 10.2. The number of rotatable bonds is 4. The number of thiophene rings is 1. The standard InChI is InChI=1S/C18H15N5OS/c1-22-10-9-16(20-22)19-18(24)14-12-23(13-6-3-2-4-7-13)21-17(14)15-8-5-11-25-15/h2-12H,1H3,(H,19,20,24). The summed E-state index contributed by atoms with van der Waals surface area (Å²) >= 11 is 1.55. The van der Waals surface area contributed by atoms with Crippen molar-refractivity contribution >= 4 is 23.1 Å². The molecule has 1 N–H and O–H groups in total. The van der Waals surface area contributed by atoms with Crippen molar-refractivity contribution in [2.45, 2.75) is 0 Å². The van der Waals surface area contributed by atoms with Crippen LogP contribution in [-0.4, -0.2) is 25.5 Å². The molecule has 124 valence electrons. The van der Waals surface area contributed by atoms with E-state index in [1.807, 2.05) is 47.8 Å². The highest BCUT2D eigenvalue weighted by Gasteiger charge is 2.20. The zero-order valence-electron chi connectivity index (χ0n) is 13.5. The summed E-state index contributed by atoms with van der Waals surface area (Å²) in [6.45, 7) is 0. The van der Waals surface area contributed by atoms with E-state index in [9.17, 15) is 4.79 Å². The van der Waals surface area contributed by atoms with Crippen molar-refractivity contribution in [2.75, 3.05) is 5.32 Å². The molecule has 4 rings (SSSR count). The van der Waals surface area contributed by atoms with Crippen LogP contribution in [0.15, 0.2) is 66.3 Å². The Morgan fingerprint density at radius 2 is 1.92 bits per heavy atom. The molecule has 1 amide bonds. The van der Waals surface area contributed by atoms with Crippen LogP contribution in [0, 0.1) is 0 Å². The number of hydrogen-bond acceptors (Lipinski definition) is 4. The van der Waals surface area contributed by atoms with Gasteiger partial charge in [0, 0.05) is 25.5 Å². The Balaban J connectivity index is 1.74. The molecule has 0 aliphatic carbocycles. The minimum absolute atomic E-state index is 0.232. The topological polar surface area (TPSA) is 64.7 Å². The molecule has 0 spiro atoms. The molecule has 0 aliphatic rings. The second-order valence-corrected chi connectivity index (χ2v) is 6.43. The Hall–Kier alpha value is -3.19. The number of anilines is 1. The Bertz CT molecular complexity index is 1000. The average molecular weight is 349 g/mol. The smallest absolute Gasteiger partial charge is 0.260 e. The van der Waals surface area contributed by atoms with E-state index in [0.29, 0.717) is 17.1 Å². The Morgan fingerprint density at radius 3 is 2.60 bits per heavy atom. The first-order valence-corrected chi connectivity index (χ1v) is 8.58. The van der Waals surface area contributed by atoms with Gasteiger partial charge in [-0.05, 0) is 23.6 Å². The molecule has 4 aromatic rings. The van der Waals surface area contributed by atoms with E-state index in [1.54, 1.807) is 46.2 Å². The van der Waals surface area contributed by atoms with Gasteiger partial charge < -0.3 is 5.32 Å². The minimum atomic E-state index is -0.232. The zero-order chi connectivity index (χ0) is 17.2. The second-order valence-electron chi connectivity index (χ2n) is 5.48. The first kappa shape index (κ1) is 15.3. The van der Waals surface area contributed by atoms with Gasteiger partial charge in [0.2, 0.25) is 0 Å². The van der Waals surface area contributed by atoms with Gasteiger partial charge in [0.25, 0.3) is 5.91 Å². The maximum atomic E-state index is 12.8. The number of hydrogen-bond donors (Lipinski definition) is 1. The molecule has 7 heteroatoms. The number of carbonyl (C=O) groups excluding carboxylic acids is 1. The van der Waals surface area contributed by atoms with Crippen molar-refractivity contribution in [3.8, 4) is 16.3 Å². The summed E-state index contributed by atoms with van der Waals surface area (Å²) in [6.07, 6.45) is 3.53. The van der Waals surface area contributed by atoms with E-state index < -0.39 is 0 Å². The molecule has 1 aromatic carbocycles. The quantitative estimate of drug-likeness (QED) is 0.612. The van der Waals surface area contributed by atoms with Crippen LogP contribution in [0.25, 0.3) is 16.3 Å². The summed E-state index contributed by atoms with van der Waals surface area (Å²) in [7, 11) is 1.81. The number of nitrogens with one attached hydrogen (secondary N) is 1. The third-order valence-corrected chi connectivity index (χ3v) is 4.57. The molecule has 0 bridgehead atoms. The normalized spacial score (nSPS) is 10.8. The van der Waals surface area contributed by atoms with Crippen LogP contribution in [0.4, 0.5) is 5.82 Å². The highest BCUT2D eigenvalue weighted by atomic mass is 32.1. The fraction of sp³-hybridized carbons (Fsp3) is 0.0556. The monoisotopic (exact) mass is 349 g/mol. The highest BCUT2D eigenvalue weighted by Crippen LogP contribution is 2.28. The van der Waals surface area contributed by atoms with Crippen molar-refractivity contribution in [3.05, 3.63) is 71.9 Å². The fourth-order valence-corrected chi connectivity index (χ4v) is 3.24. The fourth-order valence-electron chi connectivity index (χ4n) is 2.51. The summed E-state index contributed by atoms with van der Waals surface area (Å²) in [5.41, 5.74) is 2.07. The van der Waals surface area contributed by atoms with Crippen LogP contribution in [0.2, 0.25) is 0 Å². The van der Waals surface area contributed by atoms with Gasteiger partial charge in [0.05, 0.1) is 16.1 Å². The van der Waals surface area contributed by atoms with E-state index in [4.69, 9.17) is 0 Å². The number of aryl methyl sites for hydroxylation is 1. The first-order valence-electron chi connectivity index (χ1n) is 7.71. The van der Waals surface area contributed by atoms with Crippen molar-refractivity contribution in [2.24, 2.45) is 7.05 Å². The summed E-state index contributed by atoms with van der Waals surface area (Å²) in [5.74, 6) is 0.279. The molecule has 3 aromatic heterocycles. The number of amides is 1. The van der Waals surface area contributed by atoms with E-state index >= 15 is 0 Å². The van der Waals surface area contributed by atoms with Crippen LogP contribution in [0.5, 0.6) is 0 Å². The van der Waals surface area contributed by atoms with Crippen molar-refractivity contribution in [1.82, 2.24) is 19.6 Å². The van der Waals surface area contributed by atoms with Crippen molar-refractivity contribution < 1.29 is 4.79 Å². The molecule has 0 fully saturated rings. The lowest BCUT2D eigenvalue weighted by molar-refractivity contribution is 0.102. The van der Waals surface area contributed by atoms with Gasteiger partial charge in [-0.1, -0.05) is 24.3 Å². The van der Waals surface area contributed by atoms with Crippen LogP contribution in [0.1, 0.15) is 10.4 Å². The molecule has 0 radical (unpaired) electrons. The van der Waals surface area contributed by atoms with Gasteiger partial charge in [-0.25, -0.2) is 4.68 Å². The van der Waals surface area contributed by atoms with Gasteiger partial charge in [-0.3, -0.25) is 9.48 Å². The van der Waals surface area contributed by atoms with Crippen molar-refractivity contribution in [1.29, 1.82) is 0 Å². The predicted octanol–water partition coefficient (Wildman–Crippen LogP) is 3.59. The molecule has 3 heterocycles. The maximum Gasteiger partial charge on any atom is 0.260 e. The van der Waals surface area contributed by atoms with Crippen LogP contribution >= 0.6 is 11.3 Å². The highest BCUT2D eigenvalue weighted by molar-refractivity contribution is 7.13. The van der Waals surface area contributed by atoms with Crippen LogP contribution < -0.4 is 5.32 Å². The zero-order valence-corrected chi connectivity index (χ0v) is 14.3. The first-order chi connectivity index (χ1) is 12.2. The third-order valence-electron chi connectivity index (χ3n) is 3.69. The maximum absolute atomic E-state index is 12.8. The minimum Gasteiger partial charge on any atom is -0.305 e. The van der Waals surface area contributed by atoms with Gasteiger partial charge in [0.1, 0.15) is 5.69 Å². The van der Waals surface area contributed by atoms with Gasteiger partial charge in [-0.2, -0.15) is 10.2 Å². The second kappa shape index (κ2) is 6.37. The van der Waals surface area contributed by atoms with Gasteiger partial charge >= 0.3 is 0 Å². The van der Waals surface area contributed by atoms with Crippen LogP contribution in [0.3, 0.4) is 0 Å². The summed E-state index contributed by atoms with van der Waals surface area (Å²) in [6, 6.07) is 15.4. The van der Waals surface area contributed by atoms with E-state index in [0.717, 1.165) is 10.6 Å². The molecule has 0 aliphatic heterocycles. The Morgan fingerprint density at radius 1 is 1.08 bits per heavy atom. The van der Waals surface area contributed by atoms with E-state index in [2.05, 4.69) is 15.5 Å². The SMILES string of the molecule is Cn1ccc(NC(=O)c2cn(-c3ccccc3)nc2-c2cccs2)n1. The summed E-state index contributed by atoms with van der Waals surface area (Å²) in [5, 5.41) is 13.6. The average Bonchev–Trinajstić information content (AvgIpc) is 3.35. The molecule has 0 saturated carbocycles. The molecular weight excluding hydrogens is 334 g/mol. The van der Waals surface area contributed by atoms with E-state index in [1.165, 1.54) is 0 Å². The Labute approximate surface area is 148 Å². The molecule has 0 saturated heterocycles. The predicted molar refractivity (Wildman–Crippen MR) is 98.0 cm³/mol. The largest absolute Gasteiger partial charge is 0.305 e.